The van der Waals surface area contributed by atoms with E-state index in [2.05, 4.69) is 10.1 Å². The molecule has 2 aromatic heterocycles. The van der Waals surface area contributed by atoms with Crippen LogP contribution in [-0.2, 0) is 22.6 Å². The van der Waals surface area contributed by atoms with Crippen molar-refractivity contribution in [3.63, 3.8) is 0 Å². The van der Waals surface area contributed by atoms with Gasteiger partial charge in [0.1, 0.15) is 11.5 Å². The number of Topliss-reactive ketones (excluding diaryl/α,β-unsaturated/α-hetero) is 1. The molecule has 2 saturated carbocycles. The Kier molecular flexibility index (Phi) is 7.43. The summed E-state index contributed by atoms with van der Waals surface area (Å²) in [6.45, 7) is 0. The number of nitrogens with zero attached hydrogens (tertiary/aromatic N) is 4. The summed E-state index contributed by atoms with van der Waals surface area (Å²) < 4.78 is 112. The number of aromatic nitrogens is 3. The molecule has 3 aliphatic rings. The van der Waals surface area contributed by atoms with Gasteiger partial charge >= 0.3 is 6.18 Å². The Morgan fingerprint density at radius 2 is 1.66 bits per heavy atom. The van der Waals surface area contributed by atoms with Gasteiger partial charge in [0.2, 0.25) is 10.0 Å². The van der Waals surface area contributed by atoms with Crippen LogP contribution in [0.15, 0.2) is 77.5 Å². The monoisotopic (exact) mass is 672 g/mol. The number of sulfonamides is 1. The summed E-state index contributed by atoms with van der Waals surface area (Å²) in [5.74, 6) is -3.50. The first kappa shape index (κ1) is 31.3. The van der Waals surface area contributed by atoms with Gasteiger partial charge < -0.3 is 0 Å². The lowest BCUT2D eigenvalue weighted by molar-refractivity contribution is -0.137. The van der Waals surface area contributed by atoms with Crippen LogP contribution in [-0.4, -0.2) is 45.4 Å². The number of allylic oxidation sites excluding steroid dienone is 1. The predicted molar refractivity (Wildman–Crippen MR) is 157 cm³/mol. The molecule has 0 bridgehead atoms. The second-order valence-electron chi connectivity index (χ2n) is 12.2. The van der Waals surface area contributed by atoms with Crippen LogP contribution in [0.4, 0.5) is 26.3 Å². The molecule has 47 heavy (non-hydrogen) atoms. The topological polar surface area (TPSA) is 85.2 Å². The highest BCUT2D eigenvalue weighted by Crippen LogP contribution is 2.52. The SMILES string of the molecule is O=C(c1ccc(C(F)(F)F)cn1)[C@]12Cc3cnn(-c4ccc(F)cc4)c3C=C1CC[C@H](N(C1CC1)S(=O)(=O)c1ccc(F)c(F)c1)C2. The number of pyridine rings is 1. The lowest BCUT2D eigenvalue weighted by atomic mass is 9.60. The first-order valence-electron chi connectivity index (χ1n) is 14.9. The molecule has 14 heteroatoms. The van der Waals surface area contributed by atoms with Crippen LogP contribution in [0.5, 0.6) is 0 Å². The first-order valence-corrected chi connectivity index (χ1v) is 16.3. The van der Waals surface area contributed by atoms with Crippen molar-refractivity contribution in [1.82, 2.24) is 19.1 Å². The molecular weight excluding hydrogens is 646 g/mol. The van der Waals surface area contributed by atoms with Crippen molar-refractivity contribution in [2.75, 3.05) is 0 Å². The largest absolute Gasteiger partial charge is 0.417 e. The van der Waals surface area contributed by atoms with Crippen molar-refractivity contribution in [2.24, 2.45) is 5.41 Å². The van der Waals surface area contributed by atoms with Crippen molar-refractivity contribution in [2.45, 2.75) is 61.7 Å². The summed E-state index contributed by atoms with van der Waals surface area (Å²) in [5.41, 5.74) is -0.150. The molecule has 4 aromatic rings. The summed E-state index contributed by atoms with van der Waals surface area (Å²) in [6.07, 6.45) is 0.927. The van der Waals surface area contributed by atoms with Gasteiger partial charge in [-0.1, -0.05) is 5.57 Å². The number of hydrogen-bond donors (Lipinski definition) is 0. The highest BCUT2D eigenvalue weighted by atomic mass is 32.2. The number of hydrogen-bond acceptors (Lipinski definition) is 5. The number of benzene rings is 2. The second kappa shape index (κ2) is 11.2. The zero-order valence-corrected chi connectivity index (χ0v) is 25.3. The van der Waals surface area contributed by atoms with Gasteiger partial charge in [-0.05, 0) is 105 Å². The van der Waals surface area contributed by atoms with Gasteiger partial charge in [0.15, 0.2) is 17.4 Å². The van der Waals surface area contributed by atoms with E-state index in [0.29, 0.717) is 54.0 Å². The van der Waals surface area contributed by atoms with Crippen molar-refractivity contribution in [3.8, 4) is 5.69 Å². The number of carbonyl (C=O) groups excluding carboxylic acids is 1. The Labute approximate surface area is 265 Å². The van der Waals surface area contributed by atoms with Crippen LogP contribution >= 0.6 is 0 Å². The van der Waals surface area contributed by atoms with E-state index in [9.17, 15) is 39.6 Å². The Morgan fingerprint density at radius 1 is 0.915 bits per heavy atom. The predicted octanol–water partition coefficient (Wildman–Crippen LogP) is 6.92. The lowest BCUT2D eigenvalue weighted by Crippen LogP contribution is -2.51. The highest BCUT2D eigenvalue weighted by Gasteiger charge is 2.54. The summed E-state index contributed by atoms with van der Waals surface area (Å²) >= 11 is 0. The zero-order valence-electron chi connectivity index (χ0n) is 24.5. The number of alkyl halides is 3. The van der Waals surface area contributed by atoms with Crippen LogP contribution in [0.1, 0.15) is 59.4 Å². The molecule has 244 valence electrons. The lowest BCUT2D eigenvalue weighted by Gasteiger charge is -2.46. The summed E-state index contributed by atoms with van der Waals surface area (Å²) in [4.78, 5) is 18.0. The van der Waals surface area contributed by atoms with Gasteiger partial charge in [0, 0.05) is 18.3 Å². The fourth-order valence-electron chi connectivity index (χ4n) is 6.81. The molecule has 7 nitrogen and oxygen atoms in total. The van der Waals surface area contributed by atoms with E-state index >= 15 is 0 Å². The third-order valence-electron chi connectivity index (χ3n) is 9.20. The molecule has 2 aromatic carbocycles. The molecule has 2 atom stereocenters. The third-order valence-corrected chi connectivity index (χ3v) is 11.2. The van der Waals surface area contributed by atoms with Gasteiger partial charge in [0.05, 0.1) is 33.5 Å². The first-order chi connectivity index (χ1) is 22.3. The molecule has 2 heterocycles. The van der Waals surface area contributed by atoms with Crippen LogP contribution in [0.2, 0.25) is 0 Å². The average molecular weight is 673 g/mol. The van der Waals surface area contributed by atoms with Crippen molar-refractivity contribution in [1.29, 1.82) is 0 Å². The van der Waals surface area contributed by atoms with Gasteiger partial charge in [-0.25, -0.2) is 26.3 Å². The van der Waals surface area contributed by atoms with Gasteiger partial charge in [0.25, 0.3) is 0 Å². The molecule has 2 fully saturated rings. The maximum absolute atomic E-state index is 14.5. The van der Waals surface area contributed by atoms with Crippen molar-refractivity contribution >= 4 is 21.9 Å². The van der Waals surface area contributed by atoms with E-state index in [1.807, 2.05) is 0 Å². The van der Waals surface area contributed by atoms with Gasteiger partial charge in [-0.2, -0.15) is 22.6 Å². The minimum atomic E-state index is -4.67. The van der Waals surface area contributed by atoms with Gasteiger partial charge in [-0.15, -0.1) is 0 Å². The molecule has 0 spiro atoms. The Bertz CT molecular complexity index is 2020. The molecule has 7 rings (SSSR count). The van der Waals surface area contributed by atoms with Crippen LogP contribution < -0.4 is 0 Å². The molecule has 0 aliphatic heterocycles. The van der Waals surface area contributed by atoms with E-state index in [1.54, 1.807) is 29.1 Å². The Morgan fingerprint density at radius 3 is 2.30 bits per heavy atom. The second-order valence-corrected chi connectivity index (χ2v) is 14.0. The van der Waals surface area contributed by atoms with E-state index in [1.165, 1.54) is 16.4 Å². The number of halogens is 6. The van der Waals surface area contributed by atoms with Gasteiger partial charge in [-0.3, -0.25) is 9.78 Å². The summed E-state index contributed by atoms with van der Waals surface area (Å²) in [6, 6.07) is 8.70. The maximum Gasteiger partial charge on any atom is 0.417 e. The maximum atomic E-state index is 14.5. The Balaban J connectivity index is 1.31. The normalized spacial score (nSPS) is 21.3. The Hall–Kier alpha value is -4.30. The molecule has 0 unspecified atom stereocenters. The summed E-state index contributed by atoms with van der Waals surface area (Å²) in [7, 11) is -4.34. The quantitative estimate of drug-likeness (QED) is 0.157. The third kappa shape index (κ3) is 5.46. The van der Waals surface area contributed by atoms with Crippen LogP contribution in [0.3, 0.4) is 0 Å². The fourth-order valence-corrected chi connectivity index (χ4v) is 8.72. The van der Waals surface area contributed by atoms with Crippen molar-refractivity contribution in [3.05, 3.63) is 113 Å². The highest BCUT2D eigenvalue weighted by molar-refractivity contribution is 7.89. The number of carbonyl (C=O) groups is 1. The van der Waals surface area contributed by atoms with E-state index in [0.717, 1.165) is 24.3 Å². The molecule has 0 saturated heterocycles. The smallest absolute Gasteiger partial charge is 0.291 e. The number of rotatable bonds is 7. The number of fused-ring (bicyclic) bond motifs is 2. The minimum Gasteiger partial charge on any atom is -0.291 e. The number of ketones is 1. The molecule has 3 aliphatic carbocycles. The van der Waals surface area contributed by atoms with Crippen LogP contribution in [0.25, 0.3) is 11.8 Å². The molecule has 0 N–H and O–H groups in total. The van der Waals surface area contributed by atoms with Crippen molar-refractivity contribution < 1.29 is 39.6 Å². The summed E-state index contributed by atoms with van der Waals surface area (Å²) in [5, 5.41) is 4.47. The van der Waals surface area contributed by atoms with E-state index in [-0.39, 0.29) is 25.0 Å². The average Bonchev–Trinajstić information content (AvgIpc) is 3.79. The standard InChI is InChI=1S/C33H26F6N4O3S/c34-22-3-6-23(7-4-22)42-30-13-20-1-5-25(43(24-8-9-24)47(45,46)26-10-11-27(35)28(36)14-26)16-32(20,15-19(30)17-41-42)31(44)29-12-2-21(18-40-29)33(37,38)39/h2-4,6-7,10-14,17-18,24-25H,1,5,8-9,15-16H2/t25-,32-/m0/s1. The zero-order chi connectivity index (χ0) is 33.3. The van der Waals surface area contributed by atoms with E-state index < -0.39 is 67.4 Å². The van der Waals surface area contributed by atoms with Crippen LogP contribution in [0, 0.1) is 22.9 Å². The molecule has 0 amide bonds. The minimum absolute atomic E-state index is 0.0268. The fraction of sp³-hybridized carbons (Fsp3) is 0.303. The molecule has 0 radical (unpaired) electrons. The molecular formula is C33H26F6N4O3S. The van der Waals surface area contributed by atoms with E-state index in [4.69, 9.17) is 0 Å².